The van der Waals surface area contributed by atoms with E-state index in [0.717, 1.165) is 77.0 Å². The predicted octanol–water partition coefficient (Wildman–Crippen LogP) is 10.3. The molecule has 0 unspecified atom stereocenters. The Kier molecular flexibility index (Phi) is 17.7. The molecule has 3 heteroatoms. The van der Waals surface area contributed by atoms with E-state index < -0.39 is 5.97 Å². The summed E-state index contributed by atoms with van der Waals surface area (Å²) in [7, 11) is 0. The molecule has 0 radical (unpaired) electrons. The van der Waals surface area contributed by atoms with Crippen LogP contribution in [0.15, 0.2) is 70.4 Å². The minimum absolute atomic E-state index is 0.202. The minimum atomic E-state index is -0.889. The third-order valence-electron chi connectivity index (χ3n) is 7.24. The topological polar surface area (TPSA) is 46.5 Å². The van der Waals surface area contributed by atoms with Gasteiger partial charge in [-0.15, -0.1) is 0 Å². The first-order chi connectivity index (χ1) is 18.0. The van der Waals surface area contributed by atoms with E-state index in [2.05, 4.69) is 78.5 Å². The standard InChI is InChI=1S/C35H56O3/c1-27(2)12-8-14-29(5)16-10-17-31(7)20-21-33-22-32(23-34(24-33)25-38-26-35(36)37)19-11-18-30(6)15-9-13-28(3)4/h12-13,16,18,22,33-34H,7-11,14-15,17,19-21,23-26H2,1-6H3,(H,36,37)/b29-16+,30-18+/t33-,34-/m1/s1. The van der Waals surface area contributed by atoms with Gasteiger partial charge in [0, 0.05) is 0 Å². The van der Waals surface area contributed by atoms with Crippen LogP contribution in [0.3, 0.4) is 0 Å². The number of allylic oxidation sites excluding steroid dienone is 11. The van der Waals surface area contributed by atoms with E-state index in [1.807, 2.05) is 0 Å². The maximum Gasteiger partial charge on any atom is 0.329 e. The molecule has 214 valence electrons. The van der Waals surface area contributed by atoms with Gasteiger partial charge in [-0.3, -0.25) is 0 Å². The second-order valence-corrected chi connectivity index (χ2v) is 11.9. The van der Waals surface area contributed by atoms with Gasteiger partial charge in [-0.2, -0.15) is 0 Å². The predicted molar refractivity (Wildman–Crippen MR) is 164 cm³/mol. The number of hydrogen-bond acceptors (Lipinski definition) is 2. The van der Waals surface area contributed by atoms with Crippen molar-refractivity contribution in [3.63, 3.8) is 0 Å². The Hall–Kier alpha value is -2.13. The molecule has 0 saturated heterocycles. The molecule has 0 aromatic rings. The Balaban J connectivity index is 2.59. The second-order valence-electron chi connectivity index (χ2n) is 11.9. The zero-order valence-electron chi connectivity index (χ0n) is 25.4. The fraction of sp³-hybridized carbons (Fsp3) is 0.629. The van der Waals surface area contributed by atoms with Gasteiger partial charge in [-0.1, -0.05) is 70.4 Å². The van der Waals surface area contributed by atoms with E-state index in [9.17, 15) is 4.79 Å². The highest BCUT2D eigenvalue weighted by atomic mass is 16.5. The molecule has 0 bridgehead atoms. The molecule has 0 aromatic heterocycles. The number of hydrogen-bond donors (Lipinski definition) is 1. The SMILES string of the molecule is C=C(CC/C=C(\C)CCC=C(C)C)CC[C@@H]1C=C(CC/C=C(\C)CCC=C(C)C)C[C@@H](COCC(=O)O)C1. The summed E-state index contributed by atoms with van der Waals surface area (Å²) < 4.78 is 5.51. The summed E-state index contributed by atoms with van der Waals surface area (Å²) in [6, 6.07) is 0. The Labute approximate surface area is 234 Å². The average Bonchev–Trinajstić information content (AvgIpc) is 2.82. The second kappa shape index (κ2) is 19.9. The van der Waals surface area contributed by atoms with Crippen molar-refractivity contribution in [1.82, 2.24) is 0 Å². The van der Waals surface area contributed by atoms with Crippen LogP contribution in [0.25, 0.3) is 0 Å². The van der Waals surface area contributed by atoms with Crippen molar-refractivity contribution in [2.24, 2.45) is 11.8 Å². The lowest BCUT2D eigenvalue weighted by atomic mass is 9.79. The number of ether oxygens (including phenoxy) is 1. The molecule has 0 aliphatic heterocycles. The molecule has 0 heterocycles. The molecule has 1 rings (SSSR count). The lowest BCUT2D eigenvalue weighted by Gasteiger charge is -2.29. The van der Waals surface area contributed by atoms with Gasteiger partial charge in [-0.05, 0) is 130 Å². The first-order valence-electron chi connectivity index (χ1n) is 14.8. The van der Waals surface area contributed by atoms with Crippen molar-refractivity contribution in [1.29, 1.82) is 0 Å². The molecule has 1 aliphatic rings. The Morgan fingerprint density at radius 1 is 0.895 bits per heavy atom. The lowest BCUT2D eigenvalue weighted by molar-refractivity contribution is -0.142. The van der Waals surface area contributed by atoms with Crippen LogP contribution in [0, 0.1) is 11.8 Å². The van der Waals surface area contributed by atoms with E-state index in [1.54, 1.807) is 0 Å². The Morgan fingerprint density at radius 3 is 2.05 bits per heavy atom. The molecule has 0 fully saturated rings. The summed E-state index contributed by atoms with van der Waals surface area (Å²) in [5, 5.41) is 8.96. The van der Waals surface area contributed by atoms with Crippen LogP contribution in [0.1, 0.15) is 119 Å². The molecule has 0 spiro atoms. The van der Waals surface area contributed by atoms with Gasteiger partial charge in [-0.25, -0.2) is 4.79 Å². The molecular formula is C35H56O3. The van der Waals surface area contributed by atoms with Crippen molar-refractivity contribution < 1.29 is 14.6 Å². The number of carbonyl (C=O) groups is 1. The molecule has 38 heavy (non-hydrogen) atoms. The monoisotopic (exact) mass is 524 g/mol. The highest BCUT2D eigenvalue weighted by molar-refractivity contribution is 5.67. The van der Waals surface area contributed by atoms with Gasteiger partial charge in [0.2, 0.25) is 0 Å². The van der Waals surface area contributed by atoms with Crippen molar-refractivity contribution in [3.8, 4) is 0 Å². The van der Waals surface area contributed by atoms with Crippen LogP contribution in [0.5, 0.6) is 0 Å². The van der Waals surface area contributed by atoms with Crippen LogP contribution >= 0.6 is 0 Å². The smallest absolute Gasteiger partial charge is 0.329 e. The van der Waals surface area contributed by atoms with Crippen LogP contribution < -0.4 is 0 Å². The van der Waals surface area contributed by atoms with Crippen molar-refractivity contribution in [2.75, 3.05) is 13.2 Å². The summed E-state index contributed by atoms with van der Waals surface area (Å²) in [6.07, 6.45) is 25.0. The Morgan fingerprint density at radius 2 is 1.47 bits per heavy atom. The average molecular weight is 525 g/mol. The van der Waals surface area contributed by atoms with Crippen LogP contribution in [0.4, 0.5) is 0 Å². The Bertz CT molecular complexity index is 873. The third kappa shape index (κ3) is 18.2. The van der Waals surface area contributed by atoms with Gasteiger partial charge in [0.25, 0.3) is 0 Å². The molecule has 0 amide bonds. The van der Waals surface area contributed by atoms with E-state index in [4.69, 9.17) is 9.84 Å². The molecule has 0 saturated carbocycles. The van der Waals surface area contributed by atoms with Crippen molar-refractivity contribution >= 4 is 5.97 Å². The zero-order chi connectivity index (χ0) is 28.3. The largest absolute Gasteiger partial charge is 0.480 e. The number of aliphatic carboxylic acids is 1. The molecule has 1 aliphatic carbocycles. The molecule has 2 atom stereocenters. The van der Waals surface area contributed by atoms with Gasteiger partial charge in [0.15, 0.2) is 0 Å². The van der Waals surface area contributed by atoms with Crippen LogP contribution in [-0.4, -0.2) is 24.3 Å². The fourth-order valence-electron chi connectivity index (χ4n) is 5.10. The summed E-state index contributed by atoms with van der Waals surface area (Å²) in [6.45, 7) is 17.8. The van der Waals surface area contributed by atoms with E-state index in [-0.39, 0.29) is 6.61 Å². The van der Waals surface area contributed by atoms with Gasteiger partial charge >= 0.3 is 5.97 Å². The third-order valence-corrected chi connectivity index (χ3v) is 7.24. The summed E-state index contributed by atoms with van der Waals surface area (Å²) in [4.78, 5) is 10.9. The van der Waals surface area contributed by atoms with Gasteiger partial charge in [0.05, 0.1) is 6.61 Å². The van der Waals surface area contributed by atoms with E-state index in [0.29, 0.717) is 18.4 Å². The molecular weight excluding hydrogens is 468 g/mol. The molecule has 3 nitrogen and oxygen atoms in total. The normalized spacial score (nSPS) is 18.1. The number of carboxylic acid groups (broad SMARTS) is 1. The quantitative estimate of drug-likeness (QED) is 0.171. The molecule has 0 aromatic carbocycles. The van der Waals surface area contributed by atoms with Gasteiger partial charge < -0.3 is 9.84 Å². The highest BCUT2D eigenvalue weighted by Crippen LogP contribution is 2.34. The number of carboxylic acids is 1. The summed E-state index contributed by atoms with van der Waals surface area (Å²) in [5.74, 6) is 0.0409. The maximum absolute atomic E-state index is 10.9. The first-order valence-corrected chi connectivity index (χ1v) is 14.8. The maximum atomic E-state index is 10.9. The summed E-state index contributed by atoms with van der Waals surface area (Å²) in [5.41, 5.74) is 8.57. The van der Waals surface area contributed by atoms with Crippen LogP contribution in [0.2, 0.25) is 0 Å². The fourth-order valence-corrected chi connectivity index (χ4v) is 5.10. The molecule has 1 N–H and O–H groups in total. The zero-order valence-corrected chi connectivity index (χ0v) is 25.4. The van der Waals surface area contributed by atoms with Crippen LogP contribution in [-0.2, 0) is 9.53 Å². The minimum Gasteiger partial charge on any atom is -0.480 e. The first kappa shape index (κ1) is 33.9. The number of rotatable bonds is 19. The lowest BCUT2D eigenvalue weighted by Crippen LogP contribution is -2.21. The summed E-state index contributed by atoms with van der Waals surface area (Å²) >= 11 is 0. The van der Waals surface area contributed by atoms with Crippen molar-refractivity contribution in [2.45, 2.75) is 119 Å². The highest BCUT2D eigenvalue weighted by Gasteiger charge is 2.23. The van der Waals surface area contributed by atoms with E-state index >= 15 is 0 Å². The van der Waals surface area contributed by atoms with Crippen molar-refractivity contribution in [3.05, 3.63) is 70.4 Å². The van der Waals surface area contributed by atoms with Gasteiger partial charge in [0.1, 0.15) is 6.61 Å². The van der Waals surface area contributed by atoms with E-state index in [1.165, 1.54) is 33.4 Å².